The minimum absolute atomic E-state index is 0.394. The van der Waals surface area contributed by atoms with E-state index in [1.54, 1.807) is 0 Å². The summed E-state index contributed by atoms with van der Waals surface area (Å²) in [5.41, 5.74) is 2.55. The van der Waals surface area contributed by atoms with E-state index in [1.807, 2.05) is 0 Å². The van der Waals surface area contributed by atoms with Crippen LogP contribution in [0, 0.1) is 28.6 Å². The van der Waals surface area contributed by atoms with Gasteiger partial charge in [-0.1, -0.05) is 51.2 Å². The van der Waals surface area contributed by atoms with Gasteiger partial charge in [0.1, 0.15) is 6.79 Å². The van der Waals surface area contributed by atoms with E-state index in [1.165, 1.54) is 122 Å². The molecule has 6 fully saturated rings. The molecule has 194 valence electrons. The third-order valence-corrected chi connectivity index (χ3v) is 11.1. The Morgan fingerprint density at radius 3 is 2.41 bits per heavy atom. The van der Waals surface area contributed by atoms with Crippen LogP contribution in [0.25, 0.3) is 0 Å². The topological polar surface area (TPSA) is 24.9 Å². The van der Waals surface area contributed by atoms with Gasteiger partial charge in [0.2, 0.25) is 0 Å². The van der Waals surface area contributed by atoms with E-state index in [-0.39, 0.29) is 0 Å². The van der Waals surface area contributed by atoms with E-state index in [9.17, 15) is 0 Å². The first-order chi connectivity index (χ1) is 16.5. The fourth-order valence-corrected chi connectivity index (χ4v) is 8.76. The van der Waals surface area contributed by atoms with Gasteiger partial charge >= 0.3 is 0 Å². The van der Waals surface area contributed by atoms with Crippen LogP contribution >= 0.6 is 0 Å². The Kier molecular flexibility index (Phi) is 8.10. The van der Waals surface area contributed by atoms with Crippen molar-refractivity contribution in [3.8, 4) is 0 Å². The first kappa shape index (κ1) is 25.2. The van der Waals surface area contributed by atoms with Crippen LogP contribution in [-0.2, 0) is 9.47 Å². The monoisotopic (exact) mass is 472 g/mol. The van der Waals surface area contributed by atoms with Crippen LogP contribution in [0.3, 0.4) is 0 Å². The van der Waals surface area contributed by atoms with Crippen molar-refractivity contribution in [1.82, 2.24) is 9.80 Å². The molecule has 0 aromatic carbocycles. The van der Waals surface area contributed by atoms with Crippen molar-refractivity contribution in [2.24, 2.45) is 28.6 Å². The Labute approximate surface area is 209 Å². The third-order valence-electron chi connectivity index (χ3n) is 11.1. The number of likely N-dealkylation sites (tertiary alicyclic amines) is 2. The van der Waals surface area contributed by atoms with Gasteiger partial charge in [-0.15, -0.1) is 0 Å². The molecule has 0 N–H and O–H groups in total. The minimum atomic E-state index is 0.394. The zero-order valence-electron chi connectivity index (χ0n) is 22.4. The van der Waals surface area contributed by atoms with Crippen molar-refractivity contribution in [3.05, 3.63) is 12.2 Å². The van der Waals surface area contributed by atoms with E-state index in [0.29, 0.717) is 35.6 Å². The summed E-state index contributed by atoms with van der Waals surface area (Å²) in [4.78, 5) is 5.31. The Balaban J connectivity index is 0.000000429. The fourth-order valence-electron chi connectivity index (χ4n) is 8.76. The van der Waals surface area contributed by atoms with Crippen LogP contribution in [-0.4, -0.2) is 69.1 Å². The number of fused-ring (bicyclic) bond motifs is 3. The predicted molar refractivity (Wildman–Crippen MR) is 140 cm³/mol. The van der Waals surface area contributed by atoms with E-state index >= 15 is 0 Å². The molecule has 1 spiro atoms. The number of rotatable bonds is 3. The summed E-state index contributed by atoms with van der Waals surface area (Å²) in [6.07, 6.45) is 18.5. The normalized spacial score (nSPS) is 40.5. The van der Waals surface area contributed by atoms with Crippen molar-refractivity contribution < 1.29 is 9.47 Å². The third kappa shape index (κ3) is 5.31. The van der Waals surface area contributed by atoms with Crippen LogP contribution in [0.2, 0.25) is 0 Å². The molecule has 0 aromatic rings. The summed E-state index contributed by atoms with van der Waals surface area (Å²) in [5, 5.41) is 0. The van der Waals surface area contributed by atoms with Gasteiger partial charge < -0.3 is 19.3 Å². The maximum Gasteiger partial charge on any atom is 0.147 e. The molecule has 3 heterocycles. The summed E-state index contributed by atoms with van der Waals surface area (Å²) >= 11 is 0. The molecule has 4 nitrogen and oxygen atoms in total. The Morgan fingerprint density at radius 2 is 1.68 bits per heavy atom. The van der Waals surface area contributed by atoms with Crippen LogP contribution in [0.1, 0.15) is 90.4 Å². The number of hydrogen-bond acceptors (Lipinski definition) is 4. The molecule has 3 saturated heterocycles. The molecule has 0 aromatic heterocycles. The summed E-state index contributed by atoms with van der Waals surface area (Å²) in [7, 11) is 2.28. The molecule has 3 saturated carbocycles. The maximum absolute atomic E-state index is 5.99. The van der Waals surface area contributed by atoms with Crippen molar-refractivity contribution >= 4 is 0 Å². The molecule has 0 radical (unpaired) electrons. The SMILES string of the molecule is C1CCCC1.C=C1CCC2C3COCOC3CCC2(C)C1CCN1CCC2(CCN(C)CC2)C1. The highest BCUT2D eigenvalue weighted by atomic mass is 16.7. The minimum Gasteiger partial charge on any atom is -0.355 e. The largest absolute Gasteiger partial charge is 0.355 e. The average Bonchev–Trinajstić information content (AvgIpc) is 3.55. The fraction of sp³-hybridized carbons (Fsp3) is 0.933. The highest BCUT2D eigenvalue weighted by molar-refractivity contribution is 5.16. The van der Waals surface area contributed by atoms with Crippen LogP contribution in [0.5, 0.6) is 0 Å². The number of piperidine rings is 1. The Morgan fingerprint density at radius 1 is 0.971 bits per heavy atom. The van der Waals surface area contributed by atoms with E-state index in [0.717, 1.165) is 12.5 Å². The second-order valence-electron chi connectivity index (χ2n) is 13.1. The van der Waals surface area contributed by atoms with Crippen LogP contribution in [0.15, 0.2) is 12.2 Å². The van der Waals surface area contributed by atoms with Gasteiger partial charge in [0.15, 0.2) is 0 Å². The Bertz CT molecular complexity index is 676. The summed E-state index contributed by atoms with van der Waals surface area (Å²) in [6, 6.07) is 0. The van der Waals surface area contributed by atoms with Crippen molar-refractivity contribution in [2.75, 3.05) is 53.2 Å². The summed E-state index contributed by atoms with van der Waals surface area (Å²) in [6.45, 7) is 15.1. The molecule has 5 unspecified atom stereocenters. The molecule has 3 aliphatic heterocycles. The molecule has 3 aliphatic carbocycles. The zero-order chi connectivity index (χ0) is 23.6. The van der Waals surface area contributed by atoms with Crippen LogP contribution in [0.4, 0.5) is 0 Å². The van der Waals surface area contributed by atoms with E-state index < -0.39 is 0 Å². The van der Waals surface area contributed by atoms with Gasteiger partial charge in [-0.05, 0) is 107 Å². The summed E-state index contributed by atoms with van der Waals surface area (Å²) < 4.78 is 11.7. The smallest absolute Gasteiger partial charge is 0.147 e. The lowest BCUT2D eigenvalue weighted by molar-refractivity contribution is -0.218. The molecule has 4 heteroatoms. The zero-order valence-corrected chi connectivity index (χ0v) is 22.4. The molecule has 0 amide bonds. The standard InChI is InChI=1S/C25H42N2O2.C5H10/c1-19-4-5-22-20-16-28-18-29-23(20)6-8-24(22,2)21(19)7-12-27-15-11-25(17-27)9-13-26(3)14-10-25;1-2-4-5-3-1/h20-23H,1,4-18H2,2-3H3;1-5H2. The molecule has 34 heavy (non-hydrogen) atoms. The van der Waals surface area contributed by atoms with Gasteiger partial charge in [0.05, 0.1) is 12.7 Å². The second-order valence-corrected chi connectivity index (χ2v) is 13.1. The van der Waals surface area contributed by atoms with Gasteiger partial charge in [-0.25, -0.2) is 0 Å². The molecule has 6 aliphatic rings. The van der Waals surface area contributed by atoms with Crippen molar-refractivity contribution in [2.45, 2.75) is 96.5 Å². The molecule has 0 bridgehead atoms. The van der Waals surface area contributed by atoms with Gasteiger partial charge in [-0.2, -0.15) is 0 Å². The number of ether oxygens (including phenoxy) is 2. The maximum atomic E-state index is 5.99. The summed E-state index contributed by atoms with van der Waals surface area (Å²) in [5.74, 6) is 2.03. The Hall–Kier alpha value is -0.420. The average molecular weight is 473 g/mol. The highest BCUT2D eigenvalue weighted by Gasteiger charge is 2.53. The quantitative estimate of drug-likeness (QED) is 0.462. The van der Waals surface area contributed by atoms with Crippen molar-refractivity contribution in [1.29, 1.82) is 0 Å². The number of hydrogen-bond donors (Lipinski definition) is 0. The molecule has 5 atom stereocenters. The first-order valence-corrected chi connectivity index (χ1v) is 14.8. The first-order valence-electron chi connectivity index (χ1n) is 14.8. The molecular formula is C30H52N2O2. The lowest BCUT2D eigenvalue weighted by atomic mass is 9.50. The number of allylic oxidation sites excluding steroid dienone is 1. The van der Waals surface area contributed by atoms with E-state index in [2.05, 4.69) is 30.4 Å². The predicted octanol–water partition coefficient (Wildman–Crippen LogP) is 6.12. The van der Waals surface area contributed by atoms with Crippen molar-refractivity contribution in [3.63, 3.8) is 0 Å². The van der Waals surface area contributed by atoms with Gasteiger partial charge in [0.25, 0.3) is 0 Å². The lowest BCUT2D eigenvalue weighted by Gasteiger charge is -2.57. The van der Waals surface area contributed by atoms with Gasteiger partial charge in [0, 0.05) is 12.5 Å². The number of nitrogens with zero attached hydrogens (tertiary/aromatic N) is 2. The van der Waals surface area contributed by atoms with Gasteiger partial charge in [-0.3, -0.25) is 0 Å². The lowest BCUT2D eigenvalue weighted by Crippen LogP contribution is -2.54. The molecule has 6 rings (SSSR count). The highest BCUT2D eigenvalue weighted by Crippen LogP contribution is 2.58. The van der Waals surface area contributed by atoms with E-state index in [4.69, 9.17) is 9.47 Å². The second kappa shape index (κ2) is 10.9. The molecular weight excluding hydrogens is 420 g/mol. The van der Waals surface area contributed by atoms with Crippen LogP contribution < -0.4 is 0 Å².